The predicted molar refractivity (Wildman–Crippen MR) is 73.4 cm³/mol. The van der Waals surface area contributed by atoms with Gasteiger partial charge < -0.3 is 5.11 Å². The molecule has 0 heterocycles. The SMILES string of the molecule is CC(=O)O.CCc1ccccc1C(=O)CCCCl. The van der Waals surface area contributed by atoms with Crippen molar-refractivity contribution in [3.8, 4) is 0 Å². The molecule has 0 amide bonds. The van der Waals surface area contributed by atoms with Gasteiger partial charge in [0.1, 0.15) is 0 Å². The van der Waals surface area contributed by atoms with Gasteiger partial charge in [0.05, 0.1) is 0 Å². The van der Waals surface area contributed by atoms with Crippen LogP contribution in [-0.4, -0.2) is 22.7 Å². The Kier molecular flexibility index (Phi) is 8.93. The molecule has 0 aliphatic heterocycles. The molecular formula is C14H19ClO3. The number of carbonyl (C=O) groups is 2. The van der Waals surface area contributed by atoms with E-state index in [1.54, 1.807) is 0 Å². The minimum atomic E-state index is -0.833. The maximum Gasteiger partial charge on any atom is 0.300 e. The van der Waals surface area contributed by atoms with Gasteiger partial charge in [-0.15, -0.1) is 11.6 Å². The van der Waals surface area contributed by atoms with E-state index < -0.39 is 5.97 Å². The number of benzene rings is 1. The molecule has 3 nitrogen and oxygen atoms in total. The van der Waals surface area contributed by atoms with Crippen molar-refractivity contribution in [1.82, 2.24) is 0 Å². The van der Waals surface area contributed by atoms with E-state index in [9.17, 15) is 4.79 Å². The molecule has 0 atom stereocenters. The van der Waals surface area contributed by atoms with E-state index in [-0.39, 0.29) is 5.78 Å². The average Bonchev–Trinajstić information content (AvgIpc) is 2.35. The van der Waals surface area contributed by atoms with Crippen LogP contribution in [0, 0.1) is 0 Å². The third-order valence-electron chi connectivity index (χ3n) is 2.24. The van der Waals surface area contributed by atoms with E-state index >= 15 is 0 Å². The lowest BCUT2D eigenvalue weighted by molar-refractivity contribution is -0.134. The van der Waals surface area contributed by atoms with Crippen LogP contribution in [0.3, 0.4) is 0 Å². The number of hydrogen-bond donors (Lipinski definition) is 1. The highest BCUT2D eigenvalue weighted by atomic mass is 35.5. The smallest absolute Gasteiger partial charge is 0.300 e. The number of carbonyl (C=O) groups excluding carboxylic acids is 1. The summed E-state index contributed by atoms with van der Waals surface area (Å²) < 4.78 is 0. The lowest BCUT2D eigenvalue weighted by atomic mass is 9.99. The van der Waals surface area contributed by atoms with Crippen molar-refractivity contribution in [3.63, 3.8) is 0 Å². The molecule has 1 N–H and O–H groups in total. The lowest BCUT2D eigenvalue weighted by Gasteiger charge is -2.05. The summed E-state index contributed by atoms with van der Waals surface area (Å²) in [6.45, 7) is 3.15. The summed E-state index contributed by atoms with van der Waals surface area (Å²) in [5.41, 5.74) is 1.99. The quantitative estimate of drug-likeness (QED) is 0.658. The molecule has 0 aliphatic rings. The summed E-state index contributed by atoms with van der Waals surface area (Å²) in [6.07, 6.45) is 2.22. The number of carboxylic acid groups (broad SMARTS) is 1. The molecular weight excluding hydrogens is 252 g/mol. The number of aliphatic carboxylic acids is 1. The number of Topliss-reactive ketones (excluding diaryl/α,β-unsaturated/α-hetero) is 1. The fourth-order valence-corrected chi connectivity index (χ4v) is 1.60. The molecule has 0 unspecified atom stereocenters. The van der Waals surface area contributed by atoms with Crippen LogP contribution >= 0.6 is 11.6 Å². The third-order valence-corrected chi connectivity index (χ3v) is 2.50. The highest BCUT2D eigenvalue weighted by Gasteiger charge is 2.08. The maximum atomic E-state index is 11.7. The van der Waals surface area contributed by atoms with Crippen molar-refractivity contribution < 1.29 is 14.7 Å². The number of alkyl halides is 1. The Bertz CT molecular complexity index is 384. The van der Waals surface area contributed by atoms with Gasteiger partial charge >= 0.3 is 0 Å². The van der Waals surface area contributed by atoms with Crippen molar-refractivity contribution in [3.05, 3.63) is 35.4 Å². The number of halogens is 1. The molecule has 18 heavy (non-hydrogen) atoms. The normalized spacial score (nSPS) is 9.28. The molecule has 0 aromatic heterocycles. The highest BCUT2D eigenvalue weighted by molar-refractivity contribution is 6.18. The van der Waals surface area contributed by atoms with Gasteiger partial charge in [-0.3, -0.25) is 9.59 Å². The molecule has 0 radical (unpaired) electrons. The Labute approximate surface area is 113 Å². The number of aryl methyl sites for hydroxylation is 1. The molecule has 0 fully saturated rings. The minimum absolute atomic E-state index is 0.211. The first-order chi connectivity index (χ1) is 8.52. The Hall–Kier alpha value is -1.35. The second kappa shape index (κ2) is 9.66. The summed E-state index contributed by atoms with van der Waals surface area (Å²) in [6, 6.07) is 7.79. The Morgan fingerprint density at radius 3 is 2.33 bits per heavy atom. The van der Waals surface area contributed by atoms with Crippen LogP contribution in [0.4, 0.5) is 0 Å². The van der Waals surface area contributed by atoms with Crippen LogP contribution < -0.4 is 0 Å². The molecule has 0 spiro atoms. The first kappa shape index (κ1) is 16.6. The van der Waals surface area contributed by atoms with Crippen LogP contribution in [-0.2, 0) is 11.2 Å². The van der Waals surface area contributed by atoms with Gasteiger partial charge in [0.15, 0.2) is 5.78 Å². The zero-order chi connectivity index (χ0) is 14.0. The first-order valence-electron chi connectivity index (χ1n) is 5.89. The summed E-state index contributed by atoms with van der Waals surface area (Å²) in [5, 5.41) is 7.42. The van der Waals surface area contributed by atoms with Gasteiger partial charge in [-0.25, -0.2) is 0 Å². The second-order valence-corrected chi connectivity index (χ2v) is 4.12. The fraction of sp³-hybridized carbons (Fsp3) is 0.429. The van der Waals surface area contributed by atoms with Crippen LogP contribution in [0.1, 0.15) is 42.6 Å². The van der Waals surface area contributed by atoms with E-state index in [1.165, 1.54) is 0 Å². The zero-order valence-electron chi connectivity index (χ0n) is 10.8. The largest absolute Gasteiger partial charge is 0.481 e. The number of ketones is 1. The van der Waals surface area contributed by atoms with E-state index in [0.717, 1.165) is 30.9 Å². The van der Waals surface area contributed by atoms with Crippen LogP contribution in [0.25, 0.3) is 0 Å². The van der Waals surface area contributed by atoms with Crippen molar-refractivity contribution in [2.24, 2.45) is 0 Å². The minimum Gasteiger partial charge on any atom is -0.481 e. The van der Waals surface area contributed by atoms with Crippen molar-refractivity contribution in [2.75, 3.05) is 5.88 Å². The topological polar surface area (TPSA) is 54.4 Å². The number of rotatable bonds is 5. The van der Waals surface area contributed by atoms with Gasteiger partial charge in [0.2, 0.25) is 0 Å². The summed E-state index contributed by atoms with van der Waals surface area (Å²) in [5.74, 6) is -0.0665. The predicted octanol–water partition coefficient (Wildman–Crippen LogP) is 3.54. The third kappa shape index (κ3) is 7.07. The number of carboxylic acids is 1. The lowest BCUT2D eigenvalue weighted by Crippen LogP contribution is -2.03. The molecule has 0 saturated carbocycles. The van der Waals surface area contributed by atoms with Gasteiger partial charge in [-0.1, -0.05) is 31.2 Å². The van der Waals surface area contributed by atoms with E-state index in [0.29, 0.717) is 12.3 Å². The Morgan fingerprint density at radius 2 is 1.83 bits per heavy atom. The van der Waals surface area contributed by atoms with Gasteiger partial charge in [-0.2, -0.15) is 0 Å². The van der Waals surface area contributed by atoms with Crippen molar-refractivity contribution in [2.45, 2.75) is 33.1 Å². The van der Waals surface area contributed by atoms with Crippen LogP contribution in [0.2, 0.25) is 0 Å². The second-order valence-electron chi connectivity index (χ2n) is 3.75. The summed E-state index contributed by atoms with van der Waals surface area (Å²) in [7, 11) is 0. The van der Waals surface area contributed by atoms with Crippen LogP contribution in [0.5, 0.6) is 0 Å². The Morgan fingerprint density at radius 1 is 1.28 bits per heavy atom. The summed E-state index contributed by atoms with van der Waals surface area (Å²) in [4.78, 5) is 20.7. The molecule has 0 saturated heterocycles. The standard InChI is InChI=1S/C12H15ClO.C2H4O2/c1-2-10-6-3-4-7-11(10)12(14)8-5-9-13;1-2(3)4/h3-4,6-7H,2,5,8-9H2,1H3;1H3,(H,3,4). The molecule has 1 rings (SSSR count). The molecule has 100 valence electrons. The van der Waals surface area contributed by atoms with Crippen LogP contribution in [0.15, 0.2) is 24.3 Å². The molecule has 4 heteroatoms. The van der Waals surface area contributed by atoms with Gasteiger partial charge in [0, 0.05) is 24.8 Å². The molecule has 0 bridgehead atoms. The number of hydrogen-bond acceptors (Lipinski definition) is 2. The van der Waals surface area contributed by atoms with E-state index in [2.05, 4.69) is 6.92 Å². The van der Waals surface area contributed by atoms with E-state index in [4.69, 9.17) is 21.5 Å². The van der Waals surface area contributed by atoms with Gasteiger partial charge in [0.25, 0.3) is 5.97 Å². The monoisotopic (exact) mass is 270 g/mol. The fourth-order valence-electron chi connectivity index (χ4n) is 1.46. The van der Waals surface area contributed by atoms with E-state index in [1.807, 2.05) is 24.3 Å². The maximum absolute atomic E-state index is 11.7. The molecule has 0 aliphatic carbocycles. The van der Waals surface area contributed by atoms with Crippen molar-refractivity contribution >= 4 is 23.4 Å². The first-order valence-corrected chi connectivity index (χ1v) is 6.43. The zero-order valence-corrected chi connectivity index (χ0v) is 11.5. The highest BCUT2D eigenvalue weighted by Crippen LogP contribution is 2.12. The summed E-state index contributed by atoms with van der Waals surface area (Å²) >= 11 is 5.55. The van der Waals surface area contributed by atoms with Gasteiger partial charge in [-0.05, 0) is 18.4 Å². The average molecular weight is 271 g/mol. The Balaban J connectivity index is 0.000000631. The molecule has 1 aromatic carbocycles. The van der Waals surface area contributed by atoms with Crippen molar-refractivity contribution in [1.29, 1.82) is 0 Å². The molecule has 1 aromatic rings.